The van der Waals surface area contributed by atoms with Gasteiger partial charge in [0.15, 0.2) is 0 Å². The summed E-state index contributed by atoms with van der Waals surface area (Å²) >= 11 is 0. The van der Waals surface area contributed by atoms with E-state index in [4.69, 9.17) is 10.00 Å². The number of carbonyl (C=O) groups excluding carboxylic acids is 1. The van der Waals surface area contributed by atoms with Crippen molar-refractivity contribution in [3.8, 4) is 6.07 Å². The van der Waals surface area contributed by atoms with Crippen molar-refractivity contribution >= 4 is 5.97 Å². The highest BCUT2D eigenvalue weighted by molar-refractivity contribution is 5.93. The number of carbonyl (C=O) groups is 1. The Balaban J connectivity index is 4.86. The molecule has 96 valence electrons. The van der Waals surface area contributed by atoms with Gasteiger partial charge in [0.2, 0.25) is 0 Å². The SMILES string of the molecule is CCCCC(CCCC)=C(C#N)C(=O)OCC. The van der Waals surface area contributed by atoms with E-state index in [0.717, 1.165) is 44.1 Å². The molecule has 0 aromatic carbocycles. The Labute approximate surface area is 104 Å². The van der Waals surface area contributed by atoms with Gasteiger partial charge in [-0.3, -0.25) is 0 Å². The number of nitrogens with zero attached hydrogens (tertiary/aromatic N) is 1. The number of hydrogen-bond donors (Lipinski definition) is 0. The molecule has 0 radical (unpaired) electrons. The lowest BCUT2D eigenvalue weighted by atomic mass is 9.97. The van der Waals surface area contributed by atoms with Gasteiger partial charge in [-0.25, -0.2) is 4.79 Å². The van der Waals surface area contributed by atoms with Crippen LogP contribution < -0.4 is 0 Å². The first-order valence-corrected chi connectivity index (χ1v) is 6.50. The molecule has 0 aromatic heterocycles. The second-order valence-corrected chi connectivity index (χ2v) is 4.02. The van der Waals surface area contributed by atoms with E-state index in [1.54, 1.807) is 6.92 Å². The lowest BCUT2D eigenvalue weighted by molar-refractivity contribution is -0.138. The van der Waals surface area contributed by atoms with Crippen LogP contribution in [0.2, 0.25) is 0 Å². The number of nitriles is 1. The molecule has 0 rings (SSSR count). The smallest absolute Gasteiger partial charge is 0.348 e. The van der Waals surface area contributed by atoms with Crippen molar-refractivity contribution < 1.29 is 9.53 Å². The fraction of sp³-hybridized carbons (Fsp3) is 0.714. The van der Waals surface area contributed by atoms with E-state index in [-0.39, 0.29) is 5.57 Å². The second-order valence-electron chi connectivity index (χ2n) is 4.02. The van der Waals surface area contributed by atoms with Crippen molar-refractivity contribution in [2.75, 3.05) is 6.61 Å². The van der Waals surface area contributed by atoms with E-state index in [2.05, 4.69) is 13.8 Å². The van der Waals surface area contributed by atoms with Crippen molar-refractivity contribution in [2.24, 2.45) is 0 Å². The molecule has 0 spiro atoms. The number of ether oxygens (including phenoxy) is 1. The molecular weight excluding hydrogens is 214 g/mol. The summed E-state index contributed by atoms with van der Waals surface area (Å²) in [6, 6.07) is 2.01. The van der Waals surface area contributed by atoms with Crippen LogP contribution in [0.4, 0.5) is 0 Å². The van der Waals surface area contributed by atoms with Gasteiger partial charge < -0.3 is 4.74 Å². The van der Waals surface area contributed by atoms with E-state index in [1.165, 1.54) is 0 Å². The van der Waals surface area contributed by atoms with Gasteiger partial charge >= 0.3 is 5.97 Å². The maximum absolute atomic E-state index is 11.6. The second kappa shape index (κ2) is 9.89. The maximum atomic E-state index is 11.6. The number of allylic oxidation sites excluding steroid dienone is 1. The predicted molar refractivity (Wildman–Crippen MR) is 68.3 cm³/mol. The lowest BCUT2D eigenvalue weighted by Gasteiger charge is -2.09. The molecule has 3 nitrogen and oxygen atoms in total. The summed E-state index contributed by atoms with van der Waals surface area (Å²) in [6.45, 7) is 6.28. The van der Waals surface area contributed by atoms with Crippen molar-refractivity contribution in [2.45, 2.75) is 59.3 Å². The Morgan fingerprint density at radius 3 is 2.00 bits per heavy atom. The Kier molecular flexibility index (Phi) is 9.14. The van der Waals surface area contributed by atoms with Gasteiger partial charge in [0.05, 0.1) is 6.61 Å². The highest BCUT2D eigenvalue weighted by Crippen LogP contribution is 2.20. The minimum Gasteiger partial charge on any atom is -0.462 e. The van der Waals surface area contributed by atoms with Crippen LogP contribution in [0.1, 0.15) is 59.3 Å². The van der Waals surface area contributed by atoms with Gasteiger partial charge in [-0.2, -0.15) is 5.26 Å². The summed E-state index contributed by atoms with van der Waals surface area (Å²) in [7, 11) is 0. The normalized spacial score (nSPS) is 9.53. The fourth-order valence-electron chi connectivity index (χ4n) is 1.63. The average Bonchev–Trinajstić information content (AvgIpc) is 2.33. The molecule has 3 heteroatoms. The van der Waals surface area contributed by atoms with Crippen LogP contribution in [-0.2, 0) is 9.53 Å². The van der Waals surface area contributed by atoms with Gasteiger partial charge in [0.25, 0.3) is 0 Å². The molecule has 0 aliphatic heterocycles. The first kappa shape index (κ1) is 15.7. The molecule has 0 aliphatic carbocycles. The summed E-state index contributed by atoms with van der Waals surface area (Å²) in [4.78, 5) is 11.6. The maximum Gasteiger partial charge on any atom is 0.348 e. The predicted octanol–water partition coefficient (Wildman–Crippen LogP) is 3.75. The molecule has 0 saturated carbocycles. The van der Waals surface area contributed by atoms with Crippen molar-refractivity contribution in [1.29, 1.82) is 5.26 Å². The van der Waals surface area contributed by atoms with E-state index < -0.39 is 5.97 Å². The molecule has 0 aromatic rings. The van der Waals surface area contributed by atoms with Crippen LogP contribution >= 0.6 is 0 Å². The fourth-order valence-corrected chi connectivity index (χ4v) is 1.63. The standard InChI is InChI=1S/C14H23NO2/c1-4-7-9-12(10-8-5-2)13(11-15)14(16)17-6-3/h4-10H2,1-3H3. The molecule has 0 heterocycles. The van der Waals surface area contributed by atoms with Gasteiger partial charge in [0.1, 0.15) is 11.6 Å². The molecule has 0 amide bonds. The minimum absolute atomic E-state index is 0.230. The van der Waals surface area contributed by atoms with Gasteiger partial charge in [-0.1, -0.05) is 26.7 Å². The largest absolute Gasteiger partial charge is 0.462 e. The highest BCUT2D eigenvalue weighted by Gasteiger charge is 2.15. The van der Waals surface area contributed by atoms with Gasteiger partial charge in [-0.15, -0.1) is 0 Å². The monoisotopic (exact) mass is 237 g/mol. The molecule has 0 atom stereocenters. The highest BCUT2D eigenvalue weighted by atomic mass is 16.5. The third-order valence-corrected chi connectivity index (χ3v) is 2.61. The van der Waals surface area contributed by atoms with Crippen LogP contribution in [0.5, 0.6) is 0 Å². The zero-order valence-electron chi connectivity index (χ0n) is 11.2. The van der Waals surface area contributed by atoms with Gasteiger partial charge in [-0.05, 0) is 38.2 Å². The number of rotatable bonds is 8. The van der Waals surface area contributed by atoms with Crippen LogP contribution in [0.15, 0.2) is 11.1 Å². The Morgan fingerprint density at radius 2 is 1.65 bits per heavy atom. The van der Waals surface area contributed by atoms with Crippen LogP contribution in [0.3, 0.4) is 0 Å². The van der Waals surface area contributed by atoms with E-state index in [9.17, 15) is 4.79 Å². The van der Waals surface area contributed by atoms with Crippen molar-refractivity contribution in [3.63, 3.8) is 0 Å². The third-order valence-electron chi connectivity index (χ3n) is 2.61. The summed E-state index contributed by atoms with van der Waals surface area (Å²) in [5.41, 5.74) is 1.20. The molecular formula is C14H23NO2. The molecule has 17 heavy (non-hydrogen) atoms. The molecule has 0 aliphatic rings. The lowest BCUT2D eigenvalue weighted by Crippen LogP contribution is -2.09. The van der Waals surface area contributed by atoms with Crippen molar-refractivity contribution in [3.05, 3.63) is 11.1 Å². The number of hydrogen-bond acceptors (Lipinski definition) is 3. The summed E-state index contributed by atoms with van der Waals surface area (Å²) in [5, 5.41) is 9.08. The van der Waals surface area contributed by atoms with Crippen LogP contribution in [0.25, 0.3) is 0 Å². The Bertz CT molecular complexity index is 290. The topological polar surface area (TPSA) is 50.1 Å². The zero-order valence-corrected chi connectivity index (χ0v) is 11.2. The first-order valence-electron chi connectivity index (χ1n) is 6.50. The summed E-state index contributed by atoms with van der Waals surface area (Å²) in [5.74, 6) is -0.461. The summed E-state index contributed by atoms with van der Waals surface area (Å²) in [6.07, 6.45) is 5.83. The quantitative estimate of drug-likeness (QED) is 0.367. The number of esters is 1. The first-order chi connectivity index (χ1) is 8.21. The summed E-state index contributed by atoms with van der Waals surface area (Å²) < 4.78 is 4.92. The number of unbranched alkanes of at least 4 members (excludes halogenated alkanes) is 2. The molecule has 0 N–H and O–H groups in total. The average molecular weight is 237 g/mol. The molecule has 0 unspecified atom stereocenters. The van der Waals surface area contributed by atoms with E-state index in [1.807, 2.05) is 6.07 Å². The van der Waals surface area contributed by atoms with Crippen molar-refractivity contribution in [1.82, 2.24) is 0 Å². The molecule has 0 saturated heterocycles. The molecule has 0 bridgehead atoms. The Morgan fingerprint density at radius 1 is 1.12 bits per heavy atom. The third kappa shape index (κ3) is 6.11. The van der Waals surface area contributed by atoms with E-state index >= 15 is 0 Å². The van der Waals surface area contributed by atoms with Gasteiger partial charge in [0, 0.05) is 0 Å². The van der Waals surface area contributed by atoms with Crippen LogP contribution in [-0.4, -0.2) is 12.6 Å². The van der Waals surface area contributed by atoms with Crippen LogP contribution in [0, 0.1) is 11.3 Å². The van der Waals surface area contributed by atoms with E-state index in [0.29, 0.717) is 6.61 Å². The zero-order chi connectivity index (χ0) is 13.1. The minimum atomic E-state index is -0.461. The Hall–Kier alpha value is -1.30. The molecule has 0 fully saturated rings.